The lowest BCUT2D eigenvalue weighted by Gasteiger charge is -2.09. The summed E-state index contributed by atoms with van der Waals surface area (Å²) < 4.78 is 31.3. The van der Waals surface area contributed by atoms with E-state index in [4.69, 9.17) is 4.74 Å². The Hall–Kier alpha value is -0.310. The highest BCUT2D eigenvalue weighted by atomic mass is 127. The molecule has 0 N–H and O–H groups in total. The van der Waals surface area contributed by atoms with Crippen LogP contribution in [0.3, 0.4) is 0 Å². The van der Waals surface area contributed by atoms with Crippen molar-refractivity contribution in [3.63, 3.8) is 0 Å². The molecular formula is C10H9BrF2INO2. The third kappa shape index (κ3) is 4.13. The first-order chi connectivity index (χ1) is 7.95. The van der Waals surface area contributed by atoms with Gasteiger partial charge in [0, 0.05) is 9.13 Å². The molecule has 0 unspecified atom stereocenters. The van der Waals surface area contributed by atoms with E-state index in [1.807, 2.05) is 22.6 Å². The molecular weight excluding hydrogens is 411 g/mol. The van der Waals surface area contributed by atoms with Gasteiger partial charge in [-0.2, -0.15) is 0 Å². The Morgan fingerprint density at radius 1 is 1.65 bits per heavy atom. The fourth-order valence-corrected chi connectivity index (χ4v) is 1.98. The second-order valence-corrected chi connectivity index (χ2v) is 4.99. The number of alkyl halides is 2. The van der Waals surface area contributed by atoms with Crippen molar-refractivity contribution in [1.82, 2.24) is 4.98 Å². The average molecular weight is 420 g/mol. The lowest BCUT2D eigenvalue weighted by molar-refractivity contribution is -0.142. The summed E-state index contributed by atoms with van der Waals surface area (Å²) in [5.41, 5.74) is -0.184. The zero-order chi connectivity index (χ0) is 13.0. The SMILES string of the molecule is CCOC(=O)Cc1nc(Br)c(I)cc1C(F)F. The maximum atomic E-state index is 12.8. The quantitative estimate of drug-likeness (QED) is 0.426. The molecule has 0 aliphatic rings. The summed E-state index contributed by atoms with van der Waals surface area (Å²) in [4.78, 5) is 15.2. The van der Waals surface area contributed by atoms with Gasteiger partial charge in [-0.05, 0) is 51.5 Å². The van der Waals surface area contributed by atoms with Gasteiger partial charge in [-0.25, -0.2) is 13.8 Å². The summed E-state index contributed by atoms with van der Waals surface area (Å²) >= 11 is 5.03. The first kappa shape index (κ1) is 14.7. The number of hydrogen-bond acceptors (Lipinski definition) is 3. The molecule has 0 fully saturated rings. The Morgan fingerprint density at radius 3 is 2.82 bits per heavy atom. The van der Waals surface area contributed by atoms with Gasteiger partial charge < -0.3 is 4.74 Å². The van der Waals surface area contributed by atoms with Crippen LogP contribution in [0.25, 0.3) is 0 Å². The molecule has 0 atom stereocenters. The van der Waals surface area contributed by atoms with Crippen LogP contribution in [-0.4, -0.2) is 17.6 Å². The van der Waals surface area contributed by atoms with E-state index in [9.17, 15) is 13.6 Å². The lowest BCUT2D eigenvalue weighted by Crippen LogP contribution is -2.11. The Kier molecular flexibility index (Phi) is 5.71. The summed E-state index contributed by atoms with van der Waals surface area (Å²) in [5.74, 6) is -0.560. The third-order valence-corrected chi connectivity index (χ3v) is 4.07. The minimum absolute atomic E-state index is 0.0470. The highest BCUT2D eigenvalue weighted by molar-refractivity contribution is 14.1. The predicted octanol–water partition coefficient (Wildman–Crippen LogP) is 3.49. The summed E-state index contributed by atoms with van der Waals surface area (Å²) in [6.07, 6.45) is -2.91. The van der Waals surface area contributed by atoms with Gasteiger partial charge in [0.1, 0.15) is 4.60 Å². The van der Waals surface area contributed by atoms with E-state index < -0.39 is 12.4 Å². The van der Waals surface area contributed by atoms with E-state index in [2.05, 4.69) is 20.9 Å². The molecule has 0 radical (unpaired) electrons. The van der Waals surface area contributed by atoms with Crippen LogP contribution < -0.4 is 0 Å². The van der Waals surface area contributed by atoms with E-state index in [1.165, 1.54) is 6.07 Å². The molecule has 7 heteroatoms. The normalized spacial score (nSPS) is 10.7. The topological polar surface area (TPSA) is 39.2 Å². The molecule has 0 spiro atoms. The fraction of sp³-hybridized carbons (Fsp3) is 0.400. The molecule has 1 aromatic rings. The molecule has 0 bridgehead atoms. The molecule has 0 saturated carbocycles. The van der Waals surface area contributed by atoms with Crippen LogP contribution in [0.2, 0.25) is 0 Å². The van der Waals surface area contributed by atoms with Crippen molar-refractivity contribution >= 4 is 44.5 Å². The summed E-state index contributed by atoms with van der Waals surface area (Å²) in [5, 5.41) is 0. The van der Waals surface area contributed by atoms with Gasteiger partial charge in [0.05, 0.1) is 18.7 Å². The first-order valence-electron chi connectivity index (χ1n) is 4.74. The van der Waals surface area contributed by atoms with Gasteiger partial charge in [0.15, 0.2) is 0 Å². The second kappa shape index (κ2) is 6.58. The van der Waals surface area contributed by atoms with E-state index in [0.29, 0.717) is 8.17 Å². The predicted molar refractivity (Wildman–Crippen MR) is 69.9 cm³/mol. The maximum absolute atomic E-state index is 12.8. The van der Waals surface area contributed by atoms with Crippen LogP contribution in [0, 0.1) is 3.57 Å². The number of rotatable bonds is 4. The van der Waals surface area contributed by atoms with Crippen molar-refractivity contribution in [3.05, 3.63) is 25.5 Å². The van der Waals surface area contributed by atoms with Gasteiger partial charge in [0.25, 0.3) is 6.43 Å². The van der Waals surface area contributed by atoms with Crippen molar-refractivity contribution in [2.24, 2.45) is 0 Å². The minimum atomic E-state index is -2.66. The van der Waals surface area contributed by atoms with Crippen molar-refractivity contribution < 1.29 is 18.3 Å². The van der Waals surface area contributed by atoms with Crippen molar-refractivity contribution in [1.29, 1.82) is 0 Å². The van der Waals surface area contributed by atoms with Crippen molar-refractivity contribution in [2.75, 3.05) is 6.61 Å². The summed E-state index contributed by atoms with van der Waals surface area (Å²) in [6, 6.07) is 1.32. The number of carbonyl (C=O) groups excluding carboxylic acids is 1. The van der Waals surface area contributed by atoms with Crippen LogP contribution in [-0.2, 0) is 16.0 Å². The van der Waals surface area contributed by atoms with E-state index in [1.54, 1.807) is 6.92 Å². The molecule has 3 nitrogen and oxygen atoms in total. The Morgan fingerprint density at radius 2 is 2.29 bits per heavy atom. The van der Waals surface area contributed by atoms with Crippen LogP contribution in [0.4, 0.5) is 8.78 Å². The third-order valence-electron chi connectivity index (χ3n) is 1.90. The van der Waals surface area contributed by atoms with Gasteiger partial charge in [-0.1, -0.05) is 0 Å². The Bertz CT molecular complexity index is 429. The fourth-order valence-electron chi connectivity index (χ4n) is 1.20. The second-order valence-electron chi connectivity index (χ2n) is 3.08. The van der Waals surface area contributed by atoms with Crippen LogP contribution in [0.1, 0.15) is 24.6 Å². The number of hydrogen-bond donors (Lipinski definition) is 0. The van der Waals surface area contributed by atoms with Crippen molar-refractivity contribution in [2.45, 2.75) is 19.8 Å². The first-order valence-corrected chi connectivity index (χ1v) is 6.61. The molecule has 1 heterocycles. The largest absolute Gasteiger partial charge is 0.466 e. The molecule has 1 rings (SSSR count). The molecule has 0 aromatic carbocycles. The molecule has 0 saturated heterocycles. The van der Waals surface area contributed by atoms with Gasteiger partial charge in [0.2, 0.25) is 0 Å². The monoisotopic (exact) mass is 419 g/mol. The average Bonchev–Trinajstić information content (AvgIpc) is 2.23. The molecule has 0 aliphatic heterocycles. The standard InChI is InChI=1S/C10H9BrF2INO2/c1-2-17-8(16)4-7-5(10(12)13)3-6(14)9(11)15-7/h3,10H,2,4H2,1H3. The van der Waals surface area contributed by atoms with Crippen LogP contribution in [0.15, 0.2) is 10.7 Å². The van der Waals surface area contributed by atoms with Crippen LogP contribution >= 0.6 is 38.5 Å². The number of esters is 1. The maximum Gasteiger partial charge on any atom is 0.311 e. The zero-order valence-electron chi connectivity index (χ0n) is 8.84. The Labute approximate surface area is 119 Å². The zero-order valence-corrected chi connectivity index (χ0v) is 12.6. The molecule has 94 valence electrons. The van der Waals surface area contributed by atoms with E-state index in [0.717, 1.165) is 0 Å². The number of nitrogens with zero attached hydrogens (tertiary/aromatic N) is 1. The number of pyridine rings is 1. The lowest BCUT2D eigenvalue weighted by atomic mass is 10.1. The molecule has 0 aliphatic carbocycles. The Balaban J connectivity index is 3.04. The van der Waals surface area contributed by atoms with E-state index >= 15 is 0 Å². The highest BCUT2D eigenvalue weighted by Crippen LogP contribution is 2.27. The molecule has 0 amide bonds. The molecule has 1 aromatic heterocycles. The summed E-state index contributed by atoms with van der Waals surface area (Å²) in [7, 11) is 0. The van der Waals surface area contributed by atoms with Gasteiger partial charge in [-0.3, -0.25) is 4.79 Å². The van der Waals surface area contributed by atoms with Gasteiger partial charge in [-0.15, -0.1) is 0 Å². The minimum Gasteiger partial charge on any atom is -0.466 e. The number of carbonyl (C=O) groups is 1. The van der Waals surface area contributed by atoms with Crippen molar-refractivity contribution in [3.8, 4) is 0 Å². The van der Waals surface area contributed by atoms with E-state index in [-0.39, 0.29) is 24.3 Å². The summed E-state index contributed by atoms with van der Waals surface area (Å²) in [6.45, 7) is 1.87. The number of ether oxygens (including phenoxy) is 1. The van der Waals surface area contributed by atoms with Gasteiger partial charge >= 0.3 is 5.97 Å². The van der Waals surface area contributed by atoms with Crippen LogP contribution in [0.5, 0.6) is 0 Å². The highest BCUT2D eigenvalue weighted by Gasteiger charge is 2.19. The number of halogens is 4. The number of aromatic nitrogens is 1. The smallest absolute Gasteiger partial charge is 0.311 e. The molecule has 17 heavy (non-hydrogen) atoms.